The van der Waals surface area contributed by atoms with Crippen molar-refractivity contribution in [3.05, 3.63) is 70.8 Å². The fraction of sp³-hybridized carbons (Fsp3) is 0.208. The van der Waals surface area contributed by atoms with Gasteiger partial charge in [-0.2, -0.15) is 0 Å². The van der Waals surface area contributed by atoms with Crippen LogP contribution in [-0.4, -0.2) is 41.4 Å². The number of nitrogens with zero attached hydrogens (tertiary/aromatic N) is 1. The smallest absolute Gasteiger partial charge is 0.322 e. The van der Waals surface area contributed by atoms with Crippen LogP contribution in [0.5, 0.6) is 5.75 Å². The van der Waals surface area contributed by atoms with Gasteiger partial charge in [0.05, 0.1) is 18.6 Å². The average Bonchev–Trinajstić information content (AvgIpc) is 3.32. The molecule has 0 radical (unpaired) electrons. The number of aromatic nitrogens is 1. The van der Waals surface area contributed by atoms with E-state index in [-0.39, 0.29) is 11.1 Å². The lowest BCUT2D eigenvalue weighted by atomic mass is 10.1. The third kappa shape index (κ3) is 5.27. The second kappa shape index (κ2) is 9.93. The summed E-state index contributed by atoms with van der Waals surface area (Å²) in [6.07, 6.45) is 4.05. The van der Waals surface area contributed by atoms with Gasteiger partial charge in [0.25, 0.3) is 11.1 Å². The molecule has 2 aromatic carbocycles. The summed E-state index contributed by atoms with van der Waals surface area (Å²) in [4.78, 5) is 35.0. The summed E-state index contributed by atoms with van der Waals surface area (Å²) in [5.74, 6) is -0.120. The molecule has 33 heavy (non-hydrogen) atoms. The van der Waals surface area contributed by atoms with Crippen molar-refractivity contribution in [2.75, 3.05) is 13.7 Å². The van der Waals surface area contributed by atoms with Crippen LogP contribution in [0.4, 0.5) is 4.79 Å². The quantitative estimate of drug-likeness (QED) is 0.388. The van der Waals surface area contributed by atoms with E-state index in [0.29, 0.717) is 30.2 Å². The third-order valence-electron chi connectivity index (χ3n) is 5.24. The predicted molar refractivity (Wildman–Crippen MR) is 127 cm³/mol. The third-order valence-corrected chi connectivity index (χ3v) is 6.05. The standard InChI is InChI=1S/C24H23N3O5S/c1-31-23(29)19(25)13-16-14-27(20-5-3-2-4-18(16)20)10-11-32-17-8-6-15(7-9-17)12-21-22(28)26-24(30)33-21/h2-9,12,14,19H,10-11,13,25H2,1H3,(H,26,28,30)/b21-12-. The Bertz CT molecular complexity index is 1230. The number of amides is 2. The lowest BCUT2D eigenvalue weighted by Gasteiger charge is -2.09. The second-order valence-electron chi connectivity index (χ2n) is 7.47. The molecular weight excluding hydrogens is 442 g/mol. The molecule has 8 nitrogen and oxygen atoms in total. The summed E-state index contributed by atoms with van der Waals surface area (Å²) in [6.45, 7) is 1.05. The Morgan fingerprint density at radius 1 is 1.18 bits per heavy atom. The van der Waals surface area contributed by atoms with Crippen molar-refractivity contribution in [1.82, 2.24) is 9.88 Å². The van der Waals surface area contributed by atoms with Gasteiger partial charge in [0.2, 0.25) is 0 Å². The number of carbonyl (C=O) groups excluding carboxylic acids is 3. The number of benzene rings is 2. The minimum atomic E-state index is -0.717. The Morgan fingerprint density at radius 2 is 1.94 bits per heavy atom. The minimum absolute atomic E-state index is 0.362. The van der Waals surface area contributed by atoms with E-state index in [1.807, 2.05) is 54.7 Å². The van der Waals surface area contributed by atoms with Crippen LogP contribution in [0, 0.1) is 0 Å². The van der Waals surface area contributed by atoms with E-state index in [1.54, 1.807) is 6.08 Å². The Balaban J connectivity index is 1.40. The van der Waals surface area contributed by atoms with E-state index in [4.69, 9.17) is 15.2 Å². The van der Waals surface area contributed by atoms with E-state index in [0.717, 1.165) is 33.8 Å². The first-order valence-corrected chi connectivity index (χ1v) is 11.1. The number of imide groups is 1. The fourth-order valence-corrected chi connectivity index (χ4v) is 4.32. The summed E-state index contributed by atoms with van der Waals surface area (Å²) in [5.41, 5.74) is 8.78. The number of rotatable bonds is 8. The molecule has 2 heterocycles. The highest BCUT2D eigenvalue weighted by molar-refractivity contribution is 8.18. The number of nitrogens with one attached hydrogen (secondary N) is 1. The number of hydrogen-bond donors (Lipinski definition) is 2. The second-order valence-corrected chi connectivity index (χ2v) is 8.48. The van der Waals surface area contributed by atoms with E-state index in [2.05, 4.69) is 9.88 Å². The maximum absolute atomic E-state index is 11.7. The van der Waals surface area contributed by atoms with Crippen molar-refractivity contribution in [2.45, 2.75) is 19.0 Å². The molecule has 0 aliphatic carbocycles. The first-order valence-electron chi connectivity index (χ1n) is 10.3. The molecule has 1 aliphatic heterocycles. The number of nitrogens with two attached hydrogens (primary N) is 1. The van der Waals surface area contributed by atoms with Crippen molar-refractivity contribution in [2.24, 2.45) is 5.73 Å². The van der Waals surface area contributed by atoms with E-state index in [1.165, 1.54) is 7.11 Å². The molecule has 1 aliphatic rings. The highest BCUT2D eigenvalue weighted by Gasteiger charge is 2.24. The molecule has 0 bridgehead atoms. The highest BCUT2D eigenvalue weighted by Crippen LogP contribution is 2.26. The van der Waals surface area contributed by atoms with Crippen molar-refractivity contribution < 1.29 is 23.9 Å². The fourth-order valence-electron chi connectivity index (χ4n) is 3.64. The number of fused-ring (bicyclic) bond motifs is 1. The molecule has 3 aromatic rings. The molecule has 9 heteroatoms. The topological polar surface area (TPSA) is 113 Å². The van der Waals surface area contributed by atoms with Crippen LogP contribution in [0.2, 0.25) is 0 Å². The average molecular weight is 466 g/mol. The van der Waals surface area contributed by atoms with Crippen LogP contribution in [0.3, 0.4) is 0 Å². The molecule has 1 saturated heterocycles. The van der Waals surface area contributed by atoms with Crippen molar-refractivity contribution in [3.63, 3.8) is 0 Å². The van der Waals surface area contributed by atoms with Gasteiger partial charge in [-0.25, -0.2) is 0 Å². The molecule has 1 atom stereocenters. The highest BCUT2D eigenvalue weighted by atomic mass is 32.2. The normalized spacial score (nSPS) is 15.6. The first-order chi connectivity index (χ1) is 15.9. The predicted octanol–water partition coefficient (Wildman–Crippen LogP) is 3.09. The zero-order valence-corrected chi connectivity index (χ0v) is 18.8. The summed E-state index contributed by atoms with van der Waals surface area (Å²) >= 11 is 0.887. The van der Waals surface area contributed by atoms with Crippen LogP contribution in [-0.2, 0) is 27.3 Å². The monoisotopic (exact) mass is 465 g/mol. The SMILES string of the molecule is COC(=O)C(N)Cc1cn(CCOc2ccc(/C=C3\SC(=O)NC3=O)cc2)c2ccccc12. The number of esters is 1. The molecule has 1 fully saturated rings. The van der Waals surface area contributed by atoms with Gasteiger partial charge >= 0.3 is 5.97 Å². The molecule has 3 N–H and O–H groups in total. The van der Waals surface area contributed by atoms with Gasteiger partial charge in [-0.1, -0.05) is 30.3 Å². The van der Waals surface area contributed by atoms with Gasteiger partial charge in [0, 0.05) is 23.5 Å². The van der Waals surface area contributed by atoms with Gasteiger partial charge in [-0.3, -0.25) is 19.7 Å². The van der Waals surface area contributed by atoms with Crippen LogP contribution >= 0.6 is 11.8 Å². The Morgan fingerprint density at radius 3 is 2.64 bits per heavy atom. The molecule has 1 unspecified atom stereocenters. The largest absolute Gasteiger partial charge is 0.492 e. The molecule has 1 aromatic heterocycles. The van der Waals surface area contributed by atoms with Crippen molar-refractivity contribution in [3.8, 4) is 5.75 Å². The maximum Gasteiger partial charge on any atom is 0.322 e. The zero-order valence-electron chi connectivity index (χ0n) is 17.9. The number of carbonyl (C=O) groups is 3. The Labute approximate surface area is 194 Å². The summed E-state index contributed by atoms with van der Waals surface area (Å²) in [5, 5.41) is 2.92. The van der Waals surface area contributed by atoms with Crippen LogP contribution in [0.1, 0.15) is 11.1 Å². The molecule has 0 spiro atoms. The van der Waals surface area contributed by atoms with Gasteiger partial charge in [-0.15, -0.1) is 0 Å². The van der Waals surface area contributed by atoms with Gasteiger partial charge < -0.3 is 19.8 Å². The Hall–Kier alpha value is -3.56. The molecule has 0 saturated carbocycles. The summed E-state index contributed by atoms with van der Waals surface area (Å²) < 4.78 is 12.7. The van der Waals surface area contributed by atoms with Gasteiger partial charge in [0.15, 0.2) is 0 Å². The number of methoxy groups -OCH3 is 1. The van der Waals surface area contributed by atoms with E-state index in [9.17, 15) is 14.4 Å². The molecule has 4 rings (SSSR count). The van der Waals surface area contributed by atoms with Crippen LogP contribution < -0.4 is 15.8 Å². The zero-order chi connectivity index (χ0) is 23.4. The van der Waals surface area contributed by atoms with Crippen LogP contribution in [0.15, 0.2) is 59.6 Å². The number of para-hydroxylation sites is 1. The van der Waals surface area contributed by atoms with Crippen LogP contribution in [0.25, 0.3) is 17.0 Å². The summed E-state index contributed by atoms with van der Waals surface area (Å²) in [7, 11) is 1.33. The van der Waals surface area contributed by atoms with Crippen molar-refractivity contribution >= 4 is 45.9 Å². The lowest BCUT2D eigenvalue weighted by molar-refractivity contribution is -0.142. The molecule has 170 valence electrons. The number of thioether (sulfide) groups is 1. The number of ether oxygens (including phenoxy) is 2. The maximum atomic E-state index is 11.7. The number of hydrogen-bond acceptors (Lipinski definition) is 7. The van der Waals surface area contributed by atoms with Crippen molar-refractivity contribution in [1.29, 1.82) is 0 Å². The molecular formula is C24H23N3O5S. The first kappa shape index (κ1) is 22.6. The van der Waals surface area contributed by atoms with E-state index >= 15 is 0 Å². The molecule has 2 amide bonds. The minimum Gasteiger partial charge on any atom is -0.492 e. The van der Waals surface area contributed by atoms with Gasteiger partial charge in [0.1, 0.15) is 18.4 Å². The van der Waals surface area contributed by atoms with E-state index < -0.39 is 12.0 Å². The Kier molecular flexibility index (Phi) is 6.81. The van der Waals surface area contributed by atoms with Gasteiger partial charge in [-0.05, 0) is 47.2 Å². The lowest BCUT2D eigenvalue weighted by Crippen LogP contribution is -2.33. The summed E-state index contributed by atoms with van der Waals surface area (Å²) in [6, 6.07) is 14.5.